The lowest BCUT2D eigenvalue weighted by atomic mass is 9.94. The van der Waals surface area contributed by atoms with Gasteiger partial charge in [-0.1, -0.05) is 13.0 Å². The minimum absolute atomic E-state index is 0.0430. The van der Waals surface area contributed by atoms with Crippen LogP contribution in [0.3, 0.4) is 0 Å². The SMILES string of the molecule is CCCN1C(=O)[C@H]2CC[C@@H]1CN(C(=O)Nc1cccc(SC)c1)C2. The molecule has 0 radical (unpaired) electrons. The maximum atomic E-state index is 12.7. The van der Waals surface area contributed by atoms with E-state index in [2.05, 4.69) is 12.2 Å². The fraction of sp³-hybridized carbons (Fsp3) is 0.556. The van der Waals surface area contributed by atoms with E-state index in [9.17, 15) is 9.59 Å². The molecule has 2 atom stereocenters. The van der Waals surface area contributed by atoms with Crippen molar-refractivity contribution in [2.24, 2.45) is 5.92 Å². The molecule has 1 aromatic carbocycles. The lowest BCUT2D eigenvalue weighted by molar-refractivity contribution is -0.139. The summed E-state index contributed by atoms with van der Waals surface area (Å²) in [7, 11) is 0. The van der Waals surface area contributed by atoms with Gasteiger partial charge in [0.1, 0.15) is 0 Å². The molecular weight excluding hydrogens is 322 g/mol. The maximum Gasteiger partial charge on any atom is 0.321 e. The number of urea groups is 1. The van der Waals surface area contributed by atoms with Crippen LogP contribution < -0.4 is 5.32 Å². The van der Waals surface area contributed by atoms with Gasteiger partial charge in [0.15, 0.2) is 0 Å². The van der Waals surface area contributed by atoms with E-state index in [4.69, 9.17) is 0 Å². The number of carbonyl (C=O) groups is 2. The number of rotatable bonds is 4. The summed E-state index contributed by atoms with van der Waals surface area (Å²) in [6.45, 7) is 4.06. The number of nitrogens with one attached hydrogen (secondary N) is 1. The summed E-state index contributed by atoms with van der Waals surface area (Å²) >= 11 is 1.65. The van der Waals surface area contributed by atoms with E-state index in [0.29, 0.717) is 13.1 Å². The molecule has 1 N–H and O–H groups in total. The second-order valence-corrected chi connectivity index (χ2v) is 7.41. The second-order valence-electron chi connectivity index (χ2n) is 6.53. The second kappa shape index (κ2) is 7.47. The summed E-state index contributed by atoms with van der Waals surface area (Å²) in [5.74, 6) is 0.186. The summed E-state index contributed by atoms with van der Waals surface area (Å²) in [5, 5.41) is 2.99. The lowest BCUT2D eigenvalue weighted by Gasteiger charge is -2.35. The van der Waals surface area contributed by atoms with Gasteiger partial charge in [-0.2, -0.15) is 0 Å². The van der Waals surface area contributed by atoms with E-state index in [1.807, 2.05) is 40.3 Å². The molecule has 3 fully saturated rings. The van der Waals surface area contributed by atoms with Gasteiger partial charge in [0.25, 0.3) is 0 Å². The third kappa shape index (κ3) is 3.53. The molecule has 0 unspecified atom stereocenters. The Morgan fingerprint density at radius 3 is 2.92 bits per heavy atom. The first-order valence-electron chi connectivity index (χ1n) is 8.62. The van der Waals surface area contributed by atoms with Gasteiger partial charge in [-0.15, -0.1) is 11.8 Å². The van der Waals surface area contributed by atoms with Crippen molar-refractivity contribution in [2.45, 2.75) is 37.1 Å². The molecule has 4 rings (SSSR count). The zero-order valence-electron chi connectivity index (χ0n) is 14.3. The van der Waals surface area contributed by atoms with Crippen molar-refractivity contribution in [3.63, 3.8) is 0 Å². The highest BCUT2D eigenvalue weighted by Crippen LogP contribution is 2.29. The summed E-state index contributed by atoms with van der Waals surface area (Å²) in [6, 6.07) is 7.91. The minimum atomic E-state index is -0.101. The van der Waals surface area contributed by atoms with Crippen molar-refractivity contribution >= 4 is 29.4 Å². The number of piperidine rings is 1. The van der Waals surface area contributed by atoms with Crippen LogP contribution in [0.1, 0.15) is 26.2 Å². The van der Waals surface area contributed by atoms with Crippen molar-refractivity contribution in [2.75, 3.05) is 31.2 Å². The Hall–Kier alpha value is -1.69. The average Bonchev–Trinajstić information content (AvgIpc) is 2.88. The number of thioether (sulfide) groups is 1. The van der Waals surface area contributed by atoms with E-state index in [1.54, 1.807) is 11.8 Å². The highest BCUT2D eigenvalue weighted by molar-refractivity contribution is 7.98. The number of benzene rings is 1. The number of carbonyl (C=O) groups excluding carboxylic acids is 2. The van der Waals surface area contributed by atoms with Crippen molar-refractivity contribution < 1.29 is 9.59 Å². The van der Waals surface area contributed by atoms with Gasteiger partial charge < -0.3 is 15.1 Å². The Bertz CT molecular complexity index is 622. The van der Waals surface area contributed by atoms with Crippen molar-refractivity contribution in [1.82, 2.24) is 9.80 Å². The van der Waals surface area contributed by atoms with Crippen molar-refractivity contribution in [3.05, 3.63) is 24.3 Å². The molecule has 3 amide bonds. The van der Waals surface area contributed by atoms with E-state index in [-0.39, 0.29) is 23.9 Å². The number of anilines is 1. The third-order valence-corrected chi connectivity index (χ3v) is 5.59. The molecule has 3 aliphatic heterocycles. The monoisotopic (exact) mass is 347 g/mol. The Morgan fingerprint density at radius 1 is 1.33 bits per heavy atom. The summed E-state index contributed by atoms with van der Waals surface area (Å²) in [6.07, 6.45) is 4.88. The summed E-state index contributed by atoms with van der Waals surface area (Å²) < 4.78 is 0. The highest BCUT2D eigenvalue weighted by atomic mass is 32.2. The van der Waals surface area contributed by atoms with Gasteiger partial charge in [-0.05, 0) is 43.7 Å². The van der Waals surface area contributed by atoms with Gasteiger partial charge in [0, 0.05) is 36.3 Å². The molecule has 0 saturated carbocycles. The standard InChI is InChI=1S/C18H25N3O2S/c1-3-9-21-15-8-7-13(17(21)22)11-20(12-15)18(23)19-14-5-4-6-16(10-14)24-2/h4-6,10,13,15H,3,7-9,11-12H2,1-2H3,(H,19,23)/t13-,15+/m0/s1. The number of hydrogen-bond donors (Lipinski definition) is 1. The molecule has 5 nitrogen and oxygen atoms in total. The largest absolute Gasteiger partial charge is 0.338 e. The Kier molecular flexibility index (Phi) is 5.33. The van der Waals surface area contributed by atoms with E-state index in [1.165, 1.54) is 0 Å². The molecule has 1 aromatic rings. The molecule has 3 aliphatic rings. The Balaban J connectivity index is 1.71. The van der Waals surface area contributed by atoms with Crippen molar-refractivity contribution in [3.8, 4) is 0 Å². The molecule has 3 saturated heterocycles. The van der Waals surface area contributed by atoms with Crippen LogP contribution in [0.25, 0.3) is 0 Å². The highest BCUT2D eigenvalue weighted by Gasteiger charge is 2.41. The van der Waals surface area contributed by atoms with Crippen LogP contribution in [-0.2, 0) is 4.79 Å². The predicted octanol–water partition coefficient (Wildman–Crippen LogP) is 3.27. The Morgan fingerprint density at radius 2 is 2.17 bits per heavy atom. The number of nitrogens with zero attached hydrogens (tertiary/aromatic N) is 2. The molecule has 0 aliphatic carbocycles. The molecule has 24 heavy (non-hydrogen) atoms. The smallest absolute Gasteiger partial charge is 0.321 e. The van der Waals surface area contributed by atoms with Crippen LogP contribution in [0, 0.1) is 5.92 Å². The molecule has 0 aromatic heterocycles. The topological polar surface area (TPSA) is 52.7 Å². The Labute approximate surface area is 147 Å². The van der Waals surface area contributed by atoms with Gasteiger partial charge in [-0.25, -0.2) is 4.79 Å². The molecule has 0 spiro atoms. The minimum Gasteiger partial charge on any atom is -0.338 e. The first-order valence-corrected chi connectivity index (χ1v) is 9.85. The first kappa shape index (κ1) is 17.1. The number of hydrogen-bond acceptors (Lipinski definition) is 3. The molecule has 130 valence electrons. The third-order valence-electron chi connectivity index (χ3n) is 4.87. The predicted molar refractivity (Wildman–Crippen MR) is 97.3 cm³/mol. The average molecular weight is 347 g/mol. The molecule has 6 heteroatoms. The van der Waals surface area contributed by atoms with Crippen molar-refractivity contribution in [1.29, 1.82) is 0 Å². The quantitative estimate of drug-likeness (QED) is 0.851. The van der Waals surface area contributed by atoms with Gasteiger partial charge in [0.2, 0.25) is 5.91 Å². The van der Waals surface area contributed by atoms with Crippen LogP contribution in [0.5, 0.6) is 0 Å². The van der Waals surface area contributed by atoms with Crippen LogP contribution in [0.2, 0.25) is 0 Å². The number of fused-ring (bicyclic) bond motifs is 4. The van der Waals surface area contributed by atoms with Gasteiger partial charge >= 0.3 is 6.03 Å². The van der Waals surface area contributed by atoms with Crippen LogP contribution in [-0.4, -0.2) is 53.7 Å². The van der Waals surface area contributed by atoms with Crippen LogP contribution in [0.4, 0.5) is 10.5 Å². The van der Waals surface area contributed by atoms with E-state index < -0.39 is 0 Å². The first-order chi connectivity index (χ1) is 11.6. The summed E-state index contributed by atoms with van der Waals surface area (Å²) in [4.78, 5) is 30.2. The lowest BCUT2D eigenvalue weighted by Crippen LogP contribution is -2.48. The fourth-order valence-corrected chi connectivity index (χ4v) is 4.10. The van der Waals surface area contributed by atoms with Gasteiger partial charge in [-0.3, -0.25) is 4.79 Å². The molecule has 2 bridgehead atoms. The number of amides is 3. The van der Waals surface area contributed by atoms with Gasteiger partial charge in [0.05, 0.1) is 5.92 Å². The molecular formula is C18H25N3O2S. The maximum absolute atomic E-state index is 12.7. The van der Waals surface area contributed by atoms with E-state index in [0.717, 1.165) is 36.4 Å². The molecule has 3 heterocycles. The zero-order chi connectivity index (χ0) is 17.1. The van der Waals surface area contributed by atoms with E-state index >= 15 is 0 Å². The summed E-state index contributed by atoms with van der Waals surface area (Å²) in [5.41, 5.74) is 0.806. The normalized spacial score (nSPS) is 23.3. The zero-order valence-corrected chi connectivity index (χ0v) is 15.1. The fourth-order valence-electron chi connectivity index (χ4n) is 3.64. The van der Waals surface area contributed by atoms with Crippen LogP contribution in [0.15, 0.2) is 29.2 Å². The van der Waals surface area contributed by atoms with Crippen LogP contribution >= 0.6 is 11.8 Å².